The molecule has 1 fully saturated rings. The van der Waals surface area contributed by atoms with E-state index in [0.29, 0.717) is 11.5 Å². The Kier molecular flexibility index (Phi) is 4.31. The van der Waals surface area contributed by atoms with Crippen molar-refractivity contribution >= 4 is 31.3 Å². The van der Waals surface area contributed by atoms with Crippen LogP contribution in [0.4, 0.5) is 0 Å². The summed E-state index contributed by atoms with van der Waals surface area (Å²) in [6, 6.07) is 8.48. The third-order valence-electron chi connectivity index (χ3n) is 4.21. The van der Waals surface area contributed by atoms with Crippen molar-refractivity contribution in [3.05, 3.63) is 35.2 Å². The van der Waals surface area contributed by atoms with Crippen molar-refractivity contribution in [1.29, 1.82) is 0 Å². The summed E-state index contributed by atoms with van der Waals surface area (Å²) in [7, 11) is -2.81. The van der Waals surface area contributed by atoms with E-state index in [0.717, 1.165) is 19.3 Å². The van der Waals surface area contributed by atoms with Gasteiger partial charge in [0, 0.05) is 10.7 Å². The zero-order valence-electron chi connectivity index (χ0n) is 11.8. The fourth-order valence-corrected chi connectivity index (χ4v) is 5.98. The molecule has 2 unspecified atom stereocenters. The molecule has 1 aliphatic rings. The van der Waals surface area contributed by atoms with E-state index in [9.17, 15) is 8.42 Å². The van der Waals surface area contributed by atoms with Crippen LogP contribution in [0.2, 0.25) is 0 Å². The minimum atomic E-state index is -2.81. The summed E-state index contributed by atoms with van der Waals surface area (Å²) in [6.07, 6.45) is 2.43. The Morgan fingerprint density at radius 2 is 2.19 bits per heavy atom. The molecule has 2 atom stereocenters. The molecule has 3 rings (SSSR count). The Hall–Kier alpha value is -0.950. The lowest BCUT2D eigenvalue weighted by Crippen LogP contribution is -2.38. The summed E-state index contributed by atoms with van der Waals surface area (Å²) in [6.45, 7) is 0. The molecule has 1 aliphatic heterocycles. The first-order valence-corrected chi connectivity index (χ1v) is 9.89. The van der Waals surface area contributed by atoms with Gasteiger partial charge in [-0.3, -0.25) is 11.3 Å². The Balaban J connectivity index is 1.70. The van der Waals surface area contributed by atoms with Gasteiger partial charge in [0.05, 0.1) is 11.5 Å². The number of benzene rings is 1. The number of nitrogens with one attached hydrogen (secondary N) is 1. The lowest BCUT2D eigenvalue weighted by Gasteiger charge is -2.18. The van der Waals surface area contributed by atoms with Gasteiger partial charge in [-0.2, -0.15) is 0 Å². The number of nitrogens with two attached hydrogens (primary N) is 1. The first-order valence-electron chi connectivity index (χ1n) is 7.19. The average Bonchev–Trinajstić information content (AvgIpc) is 3.02. The van der Waals surface area contributed by atoms with Crippen LogP contribution in [0, 0.1) is 5.92 Å². The molecule has 3 N–H and O–H groups in total. The maximum absolute atomic E-state index is 11.6. The second-order valence-electron chi connectivity index (χ2n) is 5.83. The van der Waals surface area contributed by atoms with Crippen molar-refractivity contribution in [2.45, 2.75) is 25.3 Å². The summed E-state index contributed by atoms with van der Waals surface area (Å²) in [5.41, 5.74) is 4.16. The van der Waals surface area contributed by atoms with Crippen molar-refractivity contribution < 1.29 is 8.42 Å². The van der Waals surface area contributed by atoms with Crippen LogP contribution < -0.4 is 11.3 Å². The van der Waals surface area contributed by atoms with Gasteiger partial charge in [-0.1, -0.05) is 18.2 Å². The van der Waals surface area contributed by atoms with Crippen LogP contribution in [0.3, 0.4) is 0 Å². The smallest absolute Gasteiger partial charge is 0.150 e. The maximum Gasteiger partial charge on any atom is 0.150 e. The van der Waals surface area contributed by atoms with Gasteiger partial charge in [-0.05, 0) is 47.6 Å². The Morgan fingerprint density at radius 1 is 1.38 bits per heavy atom. The summed E-state index contributed by atoms with van der Waals surface area (Å²) < 4.78 is 24.4. The average molecular weight is 324 g/mol. The second kappa shape index (κ2) is 6.04. The molecule has 0 amide bonds. The molecule has 114 valence electrons. The molecule has 2 aromatic rings. The fraction of sp³-hybridized carbons (Fsp3) is 0.467. The molecular formula is C15H20N2O2S2. The van der Waals surface area contributed by atoms with Crippen molar-refractivity contribution in [3.63, 3.8) is 0 Å². The van der Waals surface area contributed by atoms with Crippen LogP contribution in [0.5, 0.6) is 0 Å². The fourth-order valence-electron chi connectivity index (χ4n) is 3.13. The van der Waals surface area contributed by atoms with E-state index in [2.05, 4.69) is 22.9 Å². The monoisotopic (exact) mass is 324 g/mol. The summed E-state index contributed by atoms with van der Waals surface area (Å²) in [5.74, 6) is 6.56. The van der Waals surface area contributed by atoms with Gasteiger partial charge >= 0.3 is 0 Å². The minimum Gasteiger partial charge on any atom is -0.271 e. The van der Waals surface area contributed by atoms with E-state index in [1.165, 1.54) is 15.6 Å². The van der Waals surface area contributed by atoms with E-state index >= 15 is 0 Å². The molecule has 0 bridgehead atoms. The molecule has 1 aromatic heterocycles. The highest BCUT2D eigenvalue weighted by atomic mass is 32.2. The molecule has 0 aliphatic carbocycles. The molecule has 6 heteroatoms. The number of fused-ring (bicyclic) bond motifs is 1. The maximum atomic E-state index is 11.6. The van der Waals surface area contributed by atoms with E-state index in [-0.39, 0.29) is 12.0 Å². The largest absolute Gasteiger partial charge is 0.271 e. The van der Waals surface area contributed by atoms with Crippen LogP contribution in [-0.4, -0.2) is 26.0 Å². The van der Waals surface area contributed by atoms with Crippen LogP contribution in [0.1, 0.15) is 18.4 Å². The zero-order chi connectivity index (χ0) is 14.9. The topological polar surface area (TPSA) is 72.2 Å². The van der Waals surface area contributed by atoms with Crippen LogP contribution in [0.15, 0.2) is 29.6 Å². The van der Waals surface area contributed by atoms with Gasteiger partial charge in [-0.25, -0.2) is 8.42 Å². The number of hydrogen-bond acceptors (Lipinski definition) is 5. The first-order chi connectivity index (χ1) is 10.1. The highest BCUT2D eigenvalue weighted by molar-refractivity contribution is 7.91. The van der Waals surface area contributed by atoms with Crippen LogP contribution >= 0.6 is 11.3 Å². The Morgan fingerprint density at radius 3 is 2.90 bits per heavy atom. The molecule has 0 radical (unpaired) electrons. The quantitative estimate of drug-likeness (QED) is 0.652. The predicted molar refractivity (Wildman–Crippen MR) is 88.0 cm³/mol. The van der Waals surface area contributed by atoms with Crippen molar-refractivity contribution in [2.75, 3.05) is 11.5 Å². The third-order valence-corrected chi connectivity index (χ3v) is 7.06. The normalized spacial score (nSPS) is 22.6. The molecular weight excluding hydrogens is 304 g/mol. The Labute approximate surface area is 129 Å². The van der Waals surface area contributed by atoms with Gasteiger partial charge in [0.25, 0.3) is 0 Å². The zero-order valence-corrected chi connectivity index (χ0v) is 13.4. The predicted octanol–water partition coefficient (Wildman–Crippen LogP) is 2.10. The third kappa shape index (κ3) is 3.45. The number of hydrogen-bond donors (Lipinski definition) is 2. The van der Waals surface area contributed by atoms with Gasteiger partial charge in [0.15, 0.2) is 9.84 Å². The van der Waals surface area contributed by atoms with Gasteiger partial charge in [0.1, 0.15) is 0 Å². The van der Waals surface area contributed by atoms with Crippen molar-refractivity contribution in [2.24, 2.45) is 11.8 Å². The van der Waals surface area contributed by atoms with Crippen molar-refractivity contribution in [1.82, 2.24) is 5.43 Å². The highest BCUT2D eigenvalue weighted by Crippen LogP contribution is 2.29. The van der Waals surface area contributed by atoms with E-state index in [1.54, 1.807) is 11.3 Å². The second-order valence-corrected chi connectivity index (χ2v) is 8.97. The molecule has 21 heavy (non-hydrogen) atoms. The van der Waals surface area contributed by atoms with Gasteiger partial charge < -0.3 is 0 Å². The standard InChI is InChI=1S/C15H20N2O2S2/c16-17-13(7-11-5-6-21(18,19)10-11)8-12-9-20-15-4-2-1-3-14(12)15/h1-4,9,11,13,17H,5-8,10,16H2. The first kappa shape index (κ1) is 15.0. The SMILES string of the molecule is NNC(Cc1csc2ccccc12)CC1CCS(=O)(=O)C1. The van der Waals surface area contributed by atoms with Crippen molar-refractivity contribution in [3.8, 4) is 0 Å². The summed E-state index contributed by atoms with van der Waals surface area (Å²) >= 11 is 1.74. The number of hydrazine groups is 1. The molecule has 1 aromatic carbocycles. The molecule has 1 saturated heterocycles. The lowest BCUT2D eigenvalue weighted by atomic mass is 9.95. The molecule has 4 nitrogen and oxygen atoms in total. The summed E-state index contributed by atoms with van der Waals surface area (Å²) in [5, 5.41) is 3.46. The Bertz CT molecular complexity index is 724. The van der Waals surface area contributed by atoms with Crippen LogP contribution in [-0.2, 0) is 16.3 Å². The molecule has 2 heterocycles. The van der Waals surface area contributed by atoms with E-state index < -0.39 is 9.84 Å². The number of sulfone groups is 1. The lowest BCUT2D eigenvalue weighted by molar-refractivity contribution is 0.409. The van der Waals surface area contributed by atoms with Gasteiger partial charge in [0.2, 0.25) is 0 Å². The van der Waals surface area contributed by atoms with E-state index in [1.807, 2.05) is 12.1 Å². The number of thiophene rings is 1. The summed E-state index contributed by atoms with van der Waals surface area (Å²) in [4.78, 5) is 0. The van der Waals surface area contributed by atoms with Crippen LogP contribution in [0.25, 0.3) is 10.1 Å². The van der Waals surface area contributed by atoms with E-state index in [4.69, 9.17) is 5.84 Å². The molecule has 0 saturated carbocycles. The van der Waals surface area contributed by atoms with Gasteiger partial charge in [-0.15, -0.1) is 11.3 Å². The highest BCUT2D eigenvalue weighted by Gasteiger charge is 2.29. The minimum absolute atomic E-state index is 0.126. The molecule has 0 spiro atoms. The number of rotatable bonds is 5.